The van der Waals surface area contributed by atoms with E-state index in [2.05, 4.69) is 41.9 Å². The van der Waals surface area contributed by atoms with Crippen LogP contribution in [0.5, 0.6) is 0 Å². The Balaban J connectivity index is 0.000000465. The molecule has 0 saturated carbocycles. The number of ether oxygens (including phenoxy) is 9. The van der Waals surface area contributed by atoms with Crippen molar-refractivity contribution in [2.24, 2.45) is 11.8 Å². The lowest BCUT2D eigenvalue weighted by Gasteiger charge is -2.28. The highest BCUT2D eigenvalue weighted by Gasteiger charge is 2.51. The Morgan fingerprint density at radius 3 is 1.03 bits per heavy atom. The number of phosphoric ester groups is 6. The van der Waals surface area contributed by atoms with Crippen molar-refractivity contribution in [1.29, 1.82) is 5.26 Å². The van der Waals surface area contributed by atoms with Gasteiger partial charge in [-0.25, -0.2) is 53.7 Å². The fourth-order valence-electron chi connectivity index (χ4n) is 12.5. The Hall–Kier alpha value is -4.58. The summed E-state index contributed by atoms with van der Waals surface area (Å²) in [6, 6.07) is -3.96. The van der Waals surface area contributed by atoms with Gasteiger partial charge >= 0.3 is 46.9 Å². The van der Waals surface area contributed by atoms with Crippen molar-refractivity contribution in [2.75, 3.05) is 172 Å². The zero-order valence-electron chi connectivity index (χ0n) is 71.9. The van der Waals surface area contributed by atoms with Crippen molar-refractivity contribution in [1.82, 2.24) is 10.6 Å². The maximum atomic E-state index is 14.3. The van der Waals surface area contributed by atoms with E-state index in [1.165, 1.54) is 7.11 Å². The fraction of sp³-hybridized carbons (Fsp3) is 0.819. The maximum absolute atomic E-state index is 14.3. The molecule has 0 aliphatic carbocycles. The van der Waals surface area contributed by atoms with E-state index in [4.69, 9.17) is 211 Å². The Bertz CT molecular complexity index is 4120. The highest BCUT2D eigenvalue weighted by Crippen LogP contribution is 2.59. The first kappa shape index (κ1) is 117. The number of hydrogen-bond acceptors (Lipinski definition) is 40. The second-order valence-electron chi connectivity index (χ2n) is 29.1. The third kappa shape index (κ3) is 45.7. The molecule has 6 fully saturated rings. The molecule has 8 unspecified atom stereocenters. The highest BCUT2D eigenvalue weighted by molar-refractivity contribution is 7.49. The summed E-state index contributed by atoms with van der Waals surface area (Å²) in [6.45, 7) is 20.7. The molecule has 2 amide bonds. The number of aliphatic hydroxyl groups excluding tert-OH is 3. The van der Waals surface area contributed by atoms with Crippen LogP contribution in [0.1, 0.15) is 83.5 Å². The number of rotatable bonds is 68. The molecule has 47 nitrogen and oxygen atoms in total. The molecule has 131 heavy (non-hydrogen) atoms. The van der Waals surface area contributed by atoms with E-state index < -0.39 is 234 Å². The zero-order chi connectivity index (χ0) is 96.5. The standard InChI is InChI=1S/C38H56B3N4O20P3.C34H51B3N3O20P3/c1-5-13-53-15-8-38(48)45-10-7-28(47)18-27(23-52-4)24-57-66(49,54-14-6-9-42)64-30-20-36(40)61-33(30)26-59-68(51,56-17-12-44-3)65-31-21-37(41)62-34(31)25-58-67(50,55-16-11-43-2)63-29-19-35(39)60-32(29)22-46;1-4-10-49-11-6-34(44)40-7-5-24(43)14-23(18-41)20-52-61(45,46)58-26-16-32(36)56-29(26)21-53-63(48,51-13-9-39-3)60-27-17-33(37)57-30(27)22-54-62(47,50-12-8-38-2)59-25-15-31(35)55-28(25)19-42/h1,27,29-37,46H,6-8,10-26H2,4H3,(H,45,48);1,23,25-33,41-42H,5-22H2,(H,40,44)(H,45,46)/t27?,29-,30-,31-,32-,33-,34-,35-,36-,37-,66?,67?,68?;23?,25-,26-,27-,28-,29-,30-,31-,32-,33-,62?,63?/m11/s1. The van der Waals surface area contributed by atoms with Crippen LogP contribution in [0.25, 0.3) is 19.4 Å². The second-order valence-corrected chi connectivity index (χ2v) is 38.6. The van der Waals surface area contributed by atoms with Gasteiger partial charge in [0.05, 0.1) is 141 Å². The van der Waals surface area contributed by atoms with Crippen LogP contribution < -0.4 is 10.6 Å². The van der Waals surface area contributed by atoms with Gasteiger partial charge in [0.15, 0.2) is 0 Å². The Morgan fingerprint density at radius 2 is 0.725 bits per heavy atom. The van der Waals surface area contributed by atoms with Crippen LogP contribution in [0.2, 0.25) is 0 Å². The number of Topliss-reactive ketones (excluding diaryl/α,β-unsaturated/α-hetero) is 2. The molecule has 0 spiro atoms. The maximum Gasteiger partial charge on any atom is 0.475 e. The van der Waals surface area contributed by atoms with Crippen LogP contribution in [0.3, 0.4) is 0 Å². The first-order valence-electron chi connectivity index (χ1n) is 41.1. The summed E-state index contributed by atoms with van der Waals surface area (Å²) < 4.78 is 226. The third-order valence-electron chi connectivity index (χ3n) is 18.6. The minimum atomic E-state index is -4.93. The lowest BCUT2D eigenvalue weighted by atomic mass is 9.96. The molecular weight excluding hydrogens is 1850 g/mol. The van der Waals surface area contributed by atoms with E-state index in [-0.39, 0.29) is 206 Å². The SMILES string of the molecule is [B][C@H]1C[C@@H](OP(=O)(O)OCC(CO)CC(=O)CCNC(=O)CCOCC#C)[C@@H](COP(=O)(OCC[N+]#[C-])O[C@@H]2C[C@H]([B])O[C@@H]2COP(=O)(OCC[N+]#[C-])O[C@@H]2C[C@H]([B])O[C@@H]2CO)O1.[B][C@H]1C[C@@H](OP(=O)(OCC[N+]#[C-])OC[C@H]2O[C@@H]([B])C[C@H]2OP(=O)(OCC[N+]#[C-])OC[C@H]2O[C@@H]([B])C[C@H]2OP(=O)(OCCC#N)OCC(COC)CC(=O)CCNC(=O)CCOCC#C)[C@@H](CO)O1. The number of methoxy groups -OCH3 is 1. The monoisotopic (exact) mass is 1960 g/mol. The second kappa shape index (κ2) is 62.4. The highest BCUT2D eigenvalue weighted by atomic mass is 31.2. The third-order valence-corrected chi connectivity index (χ3v) is 27.1. The van der Waals surface area contributed by atoms with Crippen LogP contribution >= 0.6 is 46.9 Å². The topological polar surface area (TPSA) is 557 Å². The molecule has 0 aromatic carbocycles. The van der Waals surface area contributed by atoms with E-state index in [1.807, 2.05) is 6.07 Å². The quantitative estimate of drug-likeness (QED) is 0.0167. The average molecular weight is 1960 g/mol. The number of hydrogen-bond donors (Lipinski definition) is 6. The first-order chi connectivity index (χ1) is 62.5. The largest absolute Gasteiger partial charge is 0.475 e. The molecular formula is C72H107B6N7O40P6. The van der Waals surface area contributed by atoms with E-state index in [9.17, 15) is 66.8 Å². The Kier molecular flexibility index (Phi) is 55.7. The average Bonchev–Trinajstić information content (AvgIpc) is 1.69. The molecule has 0 aromatic rings. The predicted octanol–water partition coefficient (Wildman–Crippen LogP) is 2.27. The van der Waals surface area contributed by atoms with Crippen LogP contribution in [-0.2, 0) is 166 Å². The van der Waals surface area contributed by atoms with Gasteiger partial charge in [-0.1, -0.05) is 11.8 Å². The molecule has 6 aliphatic rings. The number of carbonyl (C=O) groups excluding carboxylic acids is 4. The lowest BCUT2D eigenvalue weighted by Crippen LogP contribution is -2.32. The molecule has 0 bridgehead atoms. The molecule has 6 heterocycles. The zero-order valence-corrected chi connectivity index (χ0v) is 77.3. The van der Waals surface area contributed by atoms with Crippen LogP contribution in [0.15, 0.2) is 0 Å². The summed E-state index contributed by atoms with van der Waals surface area (Å²) in [7, 11) is 9.15. The van der Waals surface area contributed by atoms with Crippen LogP contribution in [0, 0.1) is 74.1 Å². The number of amides is 2. The van der Waals surface area contributed by atoms with Crippen molar-refractivity contribution in [2.45, 2.75) is 193 Å². The molecule has 0 aromatic heterocycles. The fourth-order valence-corrected chi connectivity index (χ4v) is 20.5. The molecule has 6 saturated heterocycles. The summed E-state index contributed by atoms with van der Waals surface area (Å²) in [5, 5.41) is 43.5. The smallest absolute Gasteiger partial charge is 0.396 e. The van der Waals surface area contributed by atoms with Gasteiger partial charge in [-0.05, 0) is 38.5 Å². The van der Waals surface area contributed by atoms with Gasteiger partial charge in [0.25, 0.3) is 0 Å². The van der Waals surface area contributed by atoms with Gasteiger partial charge in [0.2, 0.25) is 38.0 Å². The van der Waals surface area contributed by atoms with Gasteiger partial charge in [-0.15, -0.1) is 12.8 Å². The van der Waals surface area contributed by atoms with Gasteiger partial charge in [0, 0.05) is 100 Å². The predicted molar refractivity (Wildman–Crippen MR) is 456 cm³/mol. The van der Waals surface area contributed by atoms with Crippen molar-refractivity contribution < 1.29 is 186 Å². The van der Waals surface area contributed by atoms with Crippen LogP contribution in [-0.4, -0.2) is 372 Å². The number of nitrogens with one attached hydrogen (secondary N) is 2. The van der Waals surface area contributed by atoms with Crippen molar-refractivity contribution >= 4 is 117 Å². The minimum Gasteiger partial charge on any atom is -0.396 e. The van der Waals surface area contributed by atoms with Crippen molar-refractivity contribution in [3.63, 3.8) is 0 Å². The molecule has 26 atom stereocenters. The van der Waals surface area contributed by atoms with E-state index >= 15 is 0 Å². The molecule has 12 radical (unpaired) electrons. The van der Waals surface area contributed by atoms with Gasteiger partial charge in [-0.3, -0.25) is 96.1 Å². The Morgan fingerprint density at radius 1 is 0.427 bits per heavy atom. The number of ketones is 2. The molecule has 6 N–H and O–H groups in total. The molecule has 6 aliphatic heterocycles. The van der Waals surface area contributed by atoms with E-state index in [1.54, 1.807) is 0 Å². The van der Waals surface area contributed by atoms with Gasteiger partial charge in [-0.2, -0.15) is 5.26 Å². The number of carbonyl (C=O) groups is 4. The van der Waals surface area contributed by atoms with Crippen molar-refractivity contribution in [3.05, 3.63) is 45.7 Å². The molecule has 59 heteroatoms. The summed E-state index contributed by atoms with van der Waals surface area (Å²) in [4.78, 5) is 72.4. The number of nitriles is 1. The van der Waals surface area contributed by atoms with Gasteiger partial charge in [0.1, 0.15) is 135 Å². The van der Waals surface area contributed by atoms with Crippen molar-refractivity contribution in [3.8, 4) is 30.8 Å². The number of phosphoric acid groups is 6. The molecule has 718 valence electrons. The number of aliphatic hydroxyl groups is 3. The lowest BCUT2D eigenvalue weighted by molar-refractivity contribution is -0.124. The summed E-state index contributed by atoms with van der Waals surface area (Å²) in [5.41, 5.74) is 0. The molecule has 6 rings (SSSR count). The van der Waals surface area contributed by atoms with Gasteiger partial charge < -0.3 is 92.9 Å². The number of nitrogens with zero attached hydrogens (tertiary/aromatic N) is 5. The summed E-state index contributed by atoms with van der Waals surface area (Å²) in [6.07, 6.45) is -4.71. The van der Waals surface area contributed by atoms with E-state index in [0.717, 1.165) is 0 Å². The minimum absolute atomic E-state index is 0.0103. The Labute approximate surface area is 769 Å². The normalized spacial score (nSPS) is 28.3. The number of terminal acetylenes is 2. The summed E-state index contributed by atoms with van der Waals surface area (Å²) in [5.74, 6) is 1.66. The van der Waals surface area contributed by atoms with E-state index in [0.29, 0.717) is 0 Å². The summed E-state index contributed by atoms with van der Waals surface area (Å²) >= 11 is 0. The first-order valence-corrected chi connectivity index (χ1v) is 49.9. The van der Waals surface area contributed by atoms with Crippen LogP contribution in [0.4, 0.5) is 0 Å².